The van der Waals surface area contributed by atoms with E-state index < -0.39 is 0 Å². The lowest BCUT2D eigenvalue weighted by atomic mass is 9.97. The van der Waals surface area contributed by atoms with Gasteiger partial charge in [-0.25, -0.2) is 0 Å². The molecule has 1 aliphatic heterocycles. The van der Waals surface area contributed by atoms with Crippen LogP contribution in [0, 0.1) is 0 Å². The van der Waals surface area contributed by atoms with Gasteiger partial charge in [0.25, 0.3) is 0 Å². The maximum absolute atomic E-state index is 10.1. The number of hydrogen-bond donors (Lipinski definition) is 1. The summed E-state index contributed by atoms with van der Waals surface area (Å²) in [5.41, 5.74) is 1.02. The standard InChI is InChI=1S/C14H19NO/c1-15-10-6-5-9-13(15)11-14(16)12-7-3-2-4-8-12/h2-8,13-14,16H,9-11H2,1H3/t13?,14-/m1/s1. The molecule has 1 aliphatic rings. The maximum Gasteiger partial charge on any atom is 0.0805 e. The Morgan fingerprint density at radius 3 is 2.75 bits per heavy atom. The first-order valence-corrected chi connectivity index (χ1v) is 5.85. The molecule has 2 atom stereocenters. The molecule has 2 heteroatoms. The third-order valence-corrected chi connectivity index (χ3v) is 3.27. The van der Waals surface area contributed by atoms with Crippen LogP contribution in [-0.2, 0) is 0 Å². The van der Waals surface area contributed by atoms with Crippen molar-refractivity contribution in [2.45, 2.75) is 25.0 Å². The van der Waals surface area contributed by atoms with Gasteiger partial charge in [0.1, 0.15) is 0 Å². The van der Waals surface area contributed by atoms with E-state index >= 15 is 0 Å². The largest absolute Gasteiger partial charge is 0.388 e. The minimum Gasteiger partial charge on any atom is -0.388 e. The predicted molar refractivity (Wildman–Crippen MR) is 66.2 cm³/mol. The van der Waals surface area contributed by atoms with Gasteiger partial charge in [-0.1, -0.05) is 42.5 Å². The summed E-state index contributed by atoms with van der Waals surface area (Å²) in [6, 6.07) is 10.4. The van der Waals surface area contributed by atoms with Crippen molar-refractivity contribution in [1.29, 1.82) is 0 Å². The molecule has 0 spiro atoms. The summed E-state index contributed by atoms with van der Waals surface area (Å²) in [5, 5.41) is 10.1. The molecule has 2 rings (SSSR count). The van der Waals surface area contributed by atoms with Crippen LogP contribution < -0.4 is 0 Å². The van der Waals surface area contributed by atoms with Crippen LogP contribution >= 0.6 is 0 Å². The normalized spacial score (nSPS) is 23.2. The molecule has 2 nitrogen and oxygen atoms in total. The molecule has 16 heavy (non-hydrogen) atoms. The summed E-state index contributed by atoms with van der Waals surface area (Å²) >= 11 is 0. The van der Waals surface area contributed by atoms with Gasteiger partial charge in [0.2, 0.25) is 0 Å². The number of nitrogens with zero attached hydrogens (tertiary/aromatic N) is 1. The van der Waals surface area contributed by atoms with Crippen molar-refractivity contribution >= 4 is 0 Å². The fourth-order valence-corrected chi connectivity index (χ4v) is 2.17. The van der Waals surface area contributed by atoms with E-state index in [1.165, 1.54) is 0 Å². The van der Waals surface area contributed by atoms with Gasteiger partial charge in [-0.05, 0) is 25.5 Å². The average Bonchev–Trinajstić information content (AvgIpc) is 2.33. The van der Waals surface area contributed by atoms with Gasteiger partial charge < -0.3 is 5.11 Å². The van der Waals surface area contributed by atoms with Crippen molar-refractivity contribution in [1.82, 2.24) is 4.90 Å². The van der Waals surface area contributed by atoms with E-state index in [9.17, 15) is 5.11 Å². The number of likely N-dealkylation sites (N-methyl/N-ethyl adjacent to an activating group) is 1. The molecule has 1 unspecified atom stereocenters. The van der Waals surface area contributed by atoms with Crippen LogP contribution in [0.25, 0.3) is 0 Å². The second-order valence-corrected chi connectivity index (χ2v) is 4.46. The first kappa shape index (κ1) is 11.4. The van der Waals surface area contributed by atoms with Gasteiger partial charge >= 0.3 is 0 Å². The highest BCUT2D eigenvalue weighted by molar-refractivity contribution is 5.17. The SMILES string of the molecule is CN1CC=CCC1C[C@@H](O)c1ccccc1. The van der Waals surface area contributed by atoms with Crippen LogP contribution in [0.2, 0.25) is 0 Å². The summed E-state index contributed by atoms with van der Waals surface area (Å²) < 4.78 is 0. The van der Waals surface area contributed by atoms with Crippen LogP contribution in [-0.4, -0.2) is 29.6 Å². The van der Waals surface area contributed by atoms with Gasteiger partial charge in [-0.2, -0.15) is 0 Å². The highest BCUT2D eigenvalue weighted by atomic mass is 16.3. The monoisotopic (exact) mass is 217 g/mol. The molecule has 0 saturated heterocycles. The Labute approximate surface area is 97.2 Å². The molecule has 1 heterocycles. The minimum absolute atomic E-state index is 0.347. The zero-order valence-corrected chi connectivity index (χ0v) is 9.71. The first-order valence-electron chi connectivity index (χ1n) is 5.85. The summed E-state index contributed by atoms with van der Waals surface area (Å²) in [5.74, 6) is 0. The first-order chi connectivity index (χ1) is 7.77. The summed E-state index contributed by atoms with van der Waals surface area (Å²) in [7, 11) is 2.12. The lowest BCUT2D eigenvalue weighted by Gasteiger charge is -2.30. The predicted octanol–water partition coefficient (Wildman–Crippen LogP) is 2.37. The second-order valence-electron chi connectivity index (χ2n) is 4.46. The van der Waals surface area contributed by atoms with Crippen LogP contribution in [0.5, 0.6) is 0 Å². The number of rotatable bonds is 3. The van der Waals surface area contributed by atoms with Crippen LogP contribution in [0.1, 0.15) is 24.5 Å². The summed E-state index contributed by atoms with van der Waals surface area (Å²) in [6.07, 6.45) is 5.90. The number of hydrogen-bond acceptors (Lipinski definition) is 2. The van der Waals surface area contributed by atoms with Gasteiger partial charge in [0.15, 0.2) is 0 Å². The molecule has 0 bridgehead atoms. The molecule has 1 aromatic carbocycles. The van der Waals surface area contributed by atoms with Crippen LogP contribution in [0.4, 0.5) is 0 Å². The van der Waals surface area contributed by atoms with Gasteiger partial charge in [0.05, 0.1) is 6.10 Å². The second kappa shape index (κ2) is 5.28. The van der Waals surface area contributed by atoms with E-state index in [2.05, 4.69) is 24.1 Å². The molecule has 0 saturated carbocycles. The molecule has 0 aliphatic carbocycles. The zero-order valence-electron chi connectivity index (χ0n) is 9.71. The Bertz CT molecular complexity index is 347. The molecule has 1 aromatic rings. The smallest absolute Gasteiger partial charge is 0.0805 e. The third-order valence-electron chi connectivity index (χ3n) is 3.27. The van der Waals surface area contributed by atoms with Gasteiger partial charge in [-0.15, -0.1) is 0 Å². The lowest BCUT2D eigenvalue weighted by molar-refractivity contribution is 0.117. The van der Waals surface area contributed by atoms with E-state index in [0.717, 1.165) is 24.9 Å². The fraction of sp³-hybridized carbons (Fsp3) is 0.429. The molecule has 1 N–H and O–H groups in total. The zero-order chi connectivity index (χ0) is 11.4. The minimum atomic E-state index is -0.347. The van der Waals surface area contributed by atoms with E-state index in [1.54, 1.807) is 0 Å². The molecule has 0 aromatic heterocycles. The Hall–Kier alpha value is -1.12. The molecular formula is C14H19NO. The Morgan fingerprint density at radius 1 is 1.31 bits per heavy atom. The van der Waals surface area contributed by atoms with Gasteiger partial charge in [0, 0.05) is 12.6 Å². The van der Waals surface area contributed by atoms with Crippen molar-refractivity contribution < 1.29 is 5.11 Å². The highest BCUT2D eigenvalue weighted by Gasteiger charge is 2.20. The molecule has 0 radical (unpaired) electrons. The van der Waals surface area contributed by atoms with Crippen molar-refractivity contribution in [2.24, 2.45) is 0 Å². The van der Waals surface area contributed by atoms with Crippen LogP contribution in [0.3, 0.4) is 0 Å². The van der Waals surface area contributed by atoms with Crippen molar-refractivity contribution in [3.8, 4) is 0 Å². The number of benzene rings is 1. The Kier molecular flexibility index (Phi) is 3.75. The quantitative estimate of drug-likeness (QED) is 0.786. The van der Waals surface area contributed by atoms with Crippen molar-refractivity contribution in [3.63, 3.8) is 0 Å². The highest BCUT2D eigenvalue weighted by Crippen LogP contribution is 2.23. The Morgan fingerprint density at radius 2 is 2.06 bits per heavy atom. The molecule has 0 amide bonds. The third kappa shape index (κ3) is 2.71. The average molecular weight is 217 g/mol. The van der Waals surface area contributed by atoms with E-state index in [1.807, 2.05) is 30.3 Å². The molecular weight excluding hydrogens is 198 g/mol. The van der Waals surface area contributed by atoms with Crippen LogP contribution in [0.15, 0.2) is 42.5 Å². The topological polar surface area (TPSA) is 23.5 Å². The Balaban J connectivity index is 1.97. The maximum atomic E-state index is 10.1. The van der Waals surface area contributed by atoms with Gasteiger partial charge in [-0.3, -0.25) is 4.90 Å². The molecule has 86 valence electrons. The molecule has 0 fully saturated rings. The fourth-order valence-electron chi connectivity index (χ4n) is 2.17. The van der Waals surface area contributed by atoms with Crippen molar-refractivity contribution in [3.05, 3.63) is 48.0 Å². The number of aliphatic hydroxyl groups is 1. The van der Waals surface area contributed by atoms with E-state index in [-0.39, 0.29) is 6.10 Å². The number of aliphatic hydroxyl groups excluding tert-OH is 1. The summed E-state index contributed by atoms with van der Waals surface area (Å²) in [6.45, 7) is 0.992. The summed E-state index contributed by atoms with van der Waals surface area (Å²) in [4.78, 5) is 2.30. The lowest BCUT2D eigenvalue weighted by Crippen LogP contribution is -2.35. The van der Waals surface area contributed by atoms with E-state index in [0.29, 0.717) is 6.04 Å². The van der Waals surface area contributed by atoms with E-state index in [4.69, 9.17) is 0 Å². The van der Waals surface area contributed by atoms with Crippen molar-refractivity contribution in [2.75, 3.05) is 13.6 Å².